The molecule has 1 aromatic heterocycles. The molecule has 4 rings (SSSR count). The van der Waals surface area contributed by atoms with Crippen molar-refractivity contribution in [3.8, 4) is 5.75 Å². The van der Waals surface area contributed by atoms with Crippen LogP contribution in [0, 0.1) is 5.41 Å². The van der Waals surface area contributed by atoms with Crippen LogP contribution in [0.15, 0.2) is 60.9 Å². The minimum Gasteiger partial charge on any atom is -0.489 e. The maximum Gasteiger partial charge on any atom is 0.255 e. The van der Waals surface area contributed by atoms with Gasteiger partial charge in [0.25, 0.3) is 5.91 Å². The van der Waals surface area contributed by atoms with E-state index in [1.54, 1.807) is 42.1 Å². The van der Waals surface area contributed by atoms with Crippen molar-refractivity contribution >= 4 is 31.8 Å². The Balaban J connectivity index is 1.59. The molecule has 0 bridgehead atoms. The average molecular weight is 454 g/mol. The van der Waals surface area contributed by atoms with Crippen LogP contribution in [0.5, 0.6) is 5.75 Å². The Labute approximate surface area is 186 Å². The molecule has 8 nitrogen and oxygen atoms in total. The van der Waals surface area contributed by atoms with Gasteiger partial charge in [-0.25, -0.2) is 5.48 Å². The number of piperidine rings is 1. The number of hydroxylamine groups is 1. The fraction of sp³-hybridized carbons (Fsp3) is 0.261. The SMILES string of the molecule is O=C(NO)C1(C(c2ccc(OCc3cccc4cnccc34)cc2)=S(=O)=O)CCNCC1. The fourth-order valence-electron chi connectivity index (χ4n) is 4.23. The molecule has 0 unspecified atom stereocenters. The third-order valence-corrected chi connectivity index (χ3v) is 6.84. The molecule has 2 aromatic carbocycles. The van der Waals surface area contributed by atoms with Gasteiger partial charge in [-0.2, -0.15) is 8.42 Å². The van der Waals surface area contributed by atoms with Gasteiger partial charge in [-0.05, 0) is 72.8 Å². The Morgan fingerprint density at radius 2 is 1.88 bits per heavy atom. The molecule has 1 aliphatic heterocycles. The summed E-state index contributed by atoms with van der Waals surface area (Å²) in [7, 11) is -2.65. The second-order valence-electron chi connectivity index (χ2n) is 7.66. The van der Waals surface area contributed by atoms with Crippen LogP contribution in [0.3, 0.4) is 0 Å². The van der Waals surface area contributed by atoms with E-state index in [1.165, 1.54) is 0 Å². The number of hydrogen-bond acceptors (Lipinski definition) is 7. The Hall–Kier alpha value is -3.27. The number of ether oxygens (including phenoxy) is 1. The lowest BCUT2D eigenvalue weighted by atomic mass is 9.73. The highest BCUT2D eigenvalue weighted by atomic mass is 32.2. The molecule has 9 heteroatoms. The van der Waals surface area contributed by atoms with Crippen molar-refractivity contribution in [3.63, 3.8) is 0 Å². The van der Waals surface area contributed by atoms with Crippen LogP contribution < -0.4 is 15.5 Å². The van der Waals surface area contributed by atoms with Crippen LogP contribution in [0.2, 0.25) is 0 Å². The second kappa shape index (κ2) is 9.47. The summed E-state index contributed by atoms with van der Waals surface area (Å²) in [4.78, 5) is 16.6. The fourth-order valence-corrected chi connectivity index (χ4v) is 5.17. The van der Waals surface area contributed by atoms with Gasteiger partial charge < -0.3 is 10.1 Å². The highest BCUT2D eigenvalue weighted by Crippen LogP contribution is 2.34. The van der Waals surface area contributed by atoms with Gasteiger partial charge in [0.2, 0.25) is 10.3 Å². The molecule has 0 saturated carbocycles. The van der Waals surface area contributed by atoms with Crippen molar-refractivity contribution in [2.75, 3.05) is 13.1 Å². The first kappa shape index (κ1) is 21.9. The number of amides is 1. The molecule has 2 heterocycles. The van der Waals surface area contributed by atoms with Crippen LogP contribution in [0.1, 0.15) is 24.0 Å². The molecule has 1 saturated heterocycles. The number of aromatic nitrogens is 1. The van der Waals surface area contributed by atoms with E-state index in [4.69, 9.17) is 4.74 Å². The van der Waals surface area contributed by atoms with Gasteiger partial charge in [-0.3, -0.25) is 15.0 Å². The Morgan fingerprint density at radius 1 is 1.12 bits per heavy atom. The first-order valence-corrected chi connectivity index (χ1v) is 11.3. The quantitative estimate of drug-likeness (QED) is 0.226. The minimum atomic E-state index is -2.65. The zero-order chi connectivity index (χ0) is 22.6. The summed E-state index contributed by atoms with van der Waals surface area (Å²) in [6.45, 7) is 1.28. The van der Waals surface area contributed by atoms with Crippen molar-refractivity contribution in [1.82, 2.24) is 15.8 Å². The van der Waals surface area contributed by atoms with Gasteiger partial charge in [0.15, 0.2) is 0 Å². The molecule has 3 aromatic rings. The van der Waals surface area contributed by atoms with E-state index in [9.17, 15) is 18.4 Å². The normalized spacial score (nSPS) is 15.2. The number of hydrogen-bond donors (Lipinski definition) is 3. The Morgan fingerprint density at radius 3 is 2.56 bits per heavy atom. The van der Waals surface area contributed by atoms with E-state index < -0.39 is 21.6 Å². The van der Waals surface area contributed by atoms with Crippen molar-refractivity contribution in [2.24, 2.45) is 5.41 Å². The second-order valence-corrected chi connectivity index (χ2v) is 8.54. The molecular weight excluding hydrogens is 430 g/mol. The average Bonchev–Trinajstić information content (AvgIpc) is 2.83. The van der Waals surface area contributed by atoms with Crippen molar-refractivity contribution in [3.05, 3.63) is 72.1 Å². The molecule has 166 valence electrons. The van der Waals surface area contributed by atoms with E-state index in [2.05, 4.69) is 10.3 Å². The molecule has 32 heavy (non-hydrogen) atoms. The van der Waals surface area contributed by atoms with E-state index in [-0.39, 0.29) is 17.7 Å². The van der Waals surface area contributed by atoms with Gasteiger partial charge >= 0.3 is 0 Å². The summed E-state index contributed by atoms with van der Waals surface area (Å²) in [6.07, 6.45) is 4.06. The molecule has 1 amide bonds. The summed E-state index contributed by atoms with van der Waals surface area (Å²) in [5.74, 6) is -0.147. The van der Waals surface area contributed by atoms with Crippen molar-refractivity contribution in [1.29, 1.82) is 0 Å². The lowest BCUT2D eigenvalue weighted by Crippen LogP contribution is -2.52. The smallest absolute Gasteiger partial charge is 0.255 e. The maximum absolute atomic E-state index is 12.5. The van der Waals surface area contributed by atoms with Crippen LogP contribution in [-0.2, 0) is 21.7 Å². The predicted molar refractivity (Wildman–Crippen MR) is 120 cm³/mol. The zero-order valence-corrected chi connectivity index (χ0v) is 18.1. The number of pyridine rings is 1. The van der Waals surface area contributed by atoms with E-state index in [1.807, 2.05) is 24.3 Å². The number of nitrogens with zero attached hydrogens (tertiary/aromatic N) is 1. The summed E-state index contributed by atoms with van der Waals surface area (Å²) in [6, 6.07) is 14.5. The summed E-state index contributed by atoms with van der Waals surface area (Å²) in [5.41, 5.74) is 1.73. The number of nitrogens with one attached hydrogen (secondary N) is 2. The lowest BCUT2D eigenvalue weighted by Gasteiger charge is -2.35. The number of rotatable bonds is 6. The predicted octanol–water partition coefficient (Wildman–Crippen LogP) is 2.09. The highest BCUT2D eigenvalue weighted by Gasteiger charge is 2.45. The van der Waals surface area contributed by atoms with Crippen LogP contribution >= 0.6 is 0 Å². The van der Waals surface area contributed by atoms with Crippen LogP contribution in [-0.4, -0.2) is 42.5 Å². The molecule has 1 aliphatic rings. The van der Waals surface area contributed by atoms with Gasteiger partial charge in [-0.15, -0.1) is 0 Å². The van der Waals surface area contributed by atoms with E-state index in [0.717, 1.165) is 16.3 Å². The van der Waals surface area contributed by atoms with Crippen LogP contribution in [0.25, 0.3) is 10.8 Å². The number of carbonyl (C=O) groups excluding carboxylic acids is 1. The van der Waals surface area contributed by atoms with Gasteiger partial charge in [-0.1, -0.05) is 18.2 Å². The first-order chi connectivity index (χ1) is 15.5. The van der Waals surface area contributed by atoms with Gasteiger partial charge in [0.1, 0.15) is 12.4 Å². The summed E-state index contributed by atoms with van der Waals surface area (Å²) >= 11 is 0. The third kappa shape index (κ3) is 4.22. The van der Waals surface area contributed by atoms with E-state index in [0.29, 0.717) is 31.0 Å². The molecule has 0 aliphatic carbocycles. The summed E-state index contributed by atoms with van der Waals surface area (Å²) in [5, 5.41) is 14.5. The van der Waals surface area contributed by atoms with Gasteiger partial charge in [0.05, 0.1) is 10.3 Å². The van der Waals surface area contributed by atoms with Gasteiger partial charge in [0, 0.05) is 17.8 Å². The Kier molecular flexibility index (Phi) is 6.50. The number of carbonyl (C=O) groups is 1. The molecule has 3 N–H and O–H groups in total. The van der Waals surface area contributed by atoms with Crippen molar-refractivity contribution in [2.45, 2.75) is 19.4 Å². The monoisotopic (exact) mass is 453 g/mol. The summed E-state index contributed by atoms with van der Waals surface area (Å²) < 4.78 is 30.3. The third-order valence-electron chi connectivity index (χ3n) is 5.88. The number of benzene rings is 2. The first-order valence-electron chi connectivity index (χ1n) is 10.2. The molecule has 0 spiro atoms. The van der Waals surface area contributed by atoms with E-state index >= 15 is 0 Å². The topological polar surface area (TPSA) is 118 Å². The van der Waals surface area contributed by atoms with Crippen LogP contribution in [0.4, 0.5) is 0 Å². The van der Waals surface area contributed by atoms with Crippen molar-refractivity contribution < 1.29 is 23.2 Å². The Bertz CT molecular complexity index is 1250. The molecule has 0 atom stereocenters. The molecule has 1 fully saturated rings. The lowest BCUT2D eigenvalue weighted by molar-refractivity contribution is -0.137. The standard InChI is InChI=1S/C23H23N3O5S/c27-22(26-28)23(9-12-24-13-10-23)21(32(29)30)16-4-6-19(7-5-16)31-15-18-3-1-2-17-14-25-11-8-20(17)18/h1-8,11,14,24,28H,9-10,12-13,15H2,(H,26,27). The molecule has 0 radical (unpaired) electrons. The minimum absolute atomic E-state index is 0.0290. The molecular formula is C23H23N3O5S. The zero-order valence-electron chi connectivity index (χ0n) is 17.2. The largest absolute Gasteiger partial charge is 0.489 e. The maximum atomic E-state index is 12.5. The number of fused-ring (bicyclic) bond motifs is 1. The highest BCUT2D eigenvalue weighted by molar-refractivity contribution is 7.73.